The molecule has 1 unspecified atom stereocenters. The average Bonchev–Trinajstić information content (AvgIpc) is 2.39. The van der Waals surface area contributed by atoms with Gasteiger partial charge >= 0.3 is 5.97 Å². The van der Waals surface area contributed by atoms with Crippen LogP contribution in [0.5, 0.6) is 5.75 Å². The monoisotopic (exact) mass is 263 g/mol. The zero-order valence-corrected chi connectivity index (χ0v) is 11.8. The number of hydrogen-bond acceptors (Lipinski definition) is 4. The number of anilines is 1. The molecule has 1 aromatic rings. The summed E-state index contributed by atoms with van der Waals surface area (Å²) in [5.41, 5.74) is 2.36. The summed E-state index contributed by atoms with van der Waals surface area (Å²) in [6.45, 7) is 2.97. The molecule has 1 aliphatic heterocycles. The van der Waals surface area contributed by atoms with Gasteiger partial charge in [-0.25, -0.2) is 0 Å². The second-order valence-corrected chi connectivity index (χ2v) is 5.04. The summed E-state index contributed by atoms with van der Waals surface area (Å²) < 4.78 is 10.4. The number of carbonyl (C=O) groups excluding carboxylic acids is 1. The SMILES string of the molecule is COC(=O)CCCc1ccc2c(c1)N(C)CC(C)O2. The van der Waals surface area contributed by atoms with E-state index in [2.05, 4.69) is 35.7 Å². The first kappa shape index (κ1) is 13.7. The largest absolute Gasteiger partial charge is 0.487 e. The summed E-state index contributed by atoms with van der Waals surface area (Å²) in [5.74, 6) is 0.796. The van der Waals surface area contributed by atoms with Crippen LogP contribution in [0.1, 0.15) is 25.3 Å². The third kappa shape index (κ3) is 3.40. The minimum absolute atomic E-state index is 0.146. The van der Waals surface area contributed by atoms with E-state index >= 15 is 0 Å². The predicted molar refractivity (Wildman–Crippen MR) is 74.8 cm³/mol. The summed E-state index contributed by atoms with van der Waals surface area (Å²) in [6, 6.07) is 6.25. The highest BCUT2D eigenvalue weighted by Gasteiger charge is 2.20. The van der Waals surface area contributed by atoms with Crippen LogP contribution in [0.4, 0.5) is 5.69 Å². The number of hydrogen-bond donors (Lipinski definition) is 0. The molecule has 1 atom stereocenters. The normalized spacial score (nSPS) is 17.6. The van der Waals surface area contributed by atoms with Crippen molar-refractivity contribution in [1.29, 1.82) is 0 Å². The Kier molecular flexibility index (Phi) is 4.30. The van der Waals surface area contributed by atoms with Gasteiger partial charge in [0, 0.05) is 13.5 Å². The van der Waals surface area contributed by atoms with Gasteiger partial charge in [-0.1, -0.05) is 6.07 Å². The van der Waals surface area contributed by atoms with Gasteiger partial charge in [0.15, 0.2) is 0 Å². The fourth-order valence-corrected chi connectivity index (χ4v) is 2.39. The van der Waals surface area contributed by atoms with Crippen molar-refractivity contribution in [2.75, 3.05) is 25.6 Å². The van der Waals surface area contributed by atoms with E-state index in [1.807, 2.05) is 6.07 Å². The van der Waals surface area contributed by atoms with E-state index in [-0.39, 0.29) is 12.1 Å². The molecule has 0 radical (unpaired) electrons. The first-order valence-electron chi connectivity index (χ1n) is 6.67. The summed E-state index contributed by atoms with van der Waals surface area (Å²) in [6.07, 6.45) is 2.39. The Hall–Kier alpha value is -1.71. The van der Waals surface area contributed by atoms with Crippen molar-refractivity contribution in [2.24, 2.45) is 0 Å². The molecule has 104 valence electrons. The molecule has 4 heteroatoms. The predicted octanol–water partition coefficient (Wildman–Crippen LogP) is 2.40. The molecule has 0 fully saturated rings. The first-order valence-corrected chi connectivity index (χ1v) is 6.67. The topological polar surface area (TPSA) is 38.8 Å². The zero-order valence-electron chi connectivity index (χ0n) is 11.8. The quantitative estimate of drug-likeness (QED) is 0.782. The van der Waals surface area contributed by atoms with Gasteiger partial charge in [0.1, 0.15) is 11.9 Å². The summed E-state index contributed by atoms with van der Waals surface area (Å²) in [4.78, 5) is 13.3. The van der Waals surface area contributed by atoms with Crippen molar-refractivity contribution >= 4 is 11.7 Å². The molecule has 0 amide bonds. The van der Waals surface area contributed by atoms with Gasteiger partial charge in [0.05, 0.1) is 19.3 Å². The molecule has 1 heterocycles. The third-order valence-corrected chi connectivity index (χ3v) is 3.37. The van der Waals surface area contributed by atoms with Crippen LogP contribution in [0.15, 0.2) is 18.2 Å². The highest BCUT2D eigenvalue weighted by molar-refractivity contribution is 5.69. The molecule has 1 aromatic carbocycles. The molecule has 2 rings (SSSR count). The summed E-state index contributed by atoms with van der Waals surface area (Å²) >= 11 is 0. The fraction of sp³-hybridized carbons (Fsp3) is 0.533. The zero-order chi connectivity index (χ0) is 13.8. The highest BCUT2D eigenvalue weighted by atomic mass is 16.5. The van der Waals surface area contributed by atoms with Gasteiger partial charge < -0.3 is 14.4 Å². The van der Waals surface area contributed by atoms with E-state index in [1.165, 1.54) is 12.7 Å². The Bertz CT molecular complexity index is 459. The molecule has 0 N–H and O–H groups in total. The lowest BCUT2D eigenvalue weighted by Gasteiger charge is -2.32. The molecule has 1 aliphatic rings. The van der Waals surface area contributed by atoms with Gasteiger partial charge in [-0.15, -0.1) is 0 Å². The molecule has 19 heavy (non-hydrogen) atoms. The van der Waals surface area contributed by atoms with Crippen LogP contribution in [0.3, 0.4) is 0 Å². The van der Waals surface area contributed by atoms with E-state index in [0.717, 1.165) is 30.8 Å². The number of methoxy groups -OCH3 is 1. The molecule has 0 aromatic heterocycles. The van der Waals surface area contributed by atoms with E-state index in [4.69, 9.17) is 4.74 Å². The van der Waals surface area contributed by atoms with Crippen LogP contribution >= 0.6 is 0 Å². The Labute approximate surface area is 114 Å². The van der Waals surface area contributed by atoms with Crippen molar-refractivity contribution in [3.8, 4) is 5.75 Å². The Morgan fingerprint density at radius 3 is 3.05 bits per heavy atom. The van der Waals surface area contributed by atoms with Crippen LogP contribution in [0.25, 0.3) is 0 Å². The van der Waals surface area contributed by atoms with Crippen LogP contribution in [-0.4, -0.2) is 32.8 Å². The number of esters is 1. The van der Waals surface area contributed by atoms with Gasteiger partial charge in [0.2, 0.25) is 0 Å². The van der Waals surface area contributed by atoms with Crippen molar-refractivity contribution < 1.29 is 14.3 Å². The van der Waals surface area contributed by atoms with Crippen LogP contribution in [0.2, 0.25) is 0 Å². The molecular formula is C15H21NO3. The Morgan fingerprint density at radius 2 is 2.32 bits per heavy atom. The summed E-state index contributed by atoms with van der Waals surface area (Å²) in [5, 5.41) is 0. The van der Waals surface area contributed by atoms with E-state index < -0.39 is 0 Å². The maximum atomic E-state index is 11.1. The van der Waals surface area contributed by atoms with Gasteiger partial charge in [-0.3, -0.25) is 4.79 Å². The van der Waals surface area contributed by atoms with Crippen LogP contribution < -0.4 is 9.64 Å². The number of aryl methyl sites for hydroxylation is 1. The maximum absolute atomic E-state index is 11.1. The molecule has 0 spiro atoms. The number of ether oxygens (including phenoxy) is 2. The standard InChI is InChI=1S/C15H21NO3/c1-11-10-16(2)13-9-12(7-8-14(13)19-11)5-4-6-15(17)18-3/h7-9,11H,4-6,10H2,1-3H3. The maximum Gasteiger partial charge on any atom is 0.305 e. The van der Waals surface area contributed by atoms with Crippen LogP contribution in [0, 0.1) is 0 Å². The smallest absolute Gasteiger partial charge is 0.305 e. The number of rotatable bonds is 4. The van der Waals surface area contributed by atoms with Gasteiger partial charge in [-0.2, -0.15) is 0 Å². The van der Waals surface area contributed by atoms with Crippen molar-refractivity contribution in [3.63, 3.8) is 0 Å². The average molecular weight is 263 g/mol. The van der Waals surface area contributed by atoms with Gasteiger partial charge in [0.25, 0.3) is 0 Å². The fourth-order valence-electron chi connectivity index (χ4n) is 2.39. The summed E-state index contributed by atoms with van der Waals surface area (Å²) in [7, 11) is 3.50. The molecule has 0 bridgehead atoms. The Balaban J connectivity index is 2.00. The number of nitrogens with zero attached hydrogens (tertiary/aromatic N) is 1. The number of likely N-dealkylation sites (N-methyl/N-ethyl adjacent to an activating group) is 1. The first-order chi connectivity index (χ1) is 9.10. The van der Waals surface area contributed by atoms with E-state index in [1.54, 1.807) is 0 Å². The minimum atomic E-state index is -0.146. The second kappa shape index (κ2) is 5.95. The molecule has 0 aliphatic carbocycles. The number of carbonyl (C=O) groups is 1. The highest BCUT2D eigenvalue weighted by Crippen LogP contribution is 2.33. The molecule has 0 saturated carbocycles. The lowest BCUT2D eigenvalue weighted by atomic mass is 10.1. The lowest BCUT2D eigenvalue weighted by Crippen LogP contribution is -2.35. The van der Waals surface area contributed by atoms with Crippen molar-refractivity contribution in [1.82, 2.24) is 0 Å². The second-order valence-electron chi connectivity index (χ2n) is 5.04. The number of benzene rings is 1. The lowest BCUT2D eigenvalue weighted by molar-refractivity contribution is -0.140. The van der Waals surface area contributed by atoms with E-state index in [9.17, 15) is 4.79 Å². The minimum Gasteiger partial charge on any atom is -0.487 e. The molecular weight excluding hydrogens is 242 g/mol. The molecule has 4 nitrogen and oxygen atoms in total. The number of fused-ring (bicyclic) bond motifs is 1. The van der Waals surface area contributed by atoms with E-state index in [0.29, 0.717) is 6.42 Å². The Morgan fingerprint density at radius 1 is 1.53 bits per heavy atom. The molecule has 0 saturated heterocycles. The van der Waals surface area contributed by atoms with Gasteiger partial charge in [-0.05, 0) is 37.5 Å². The van der Waals surface area contributed by atoms with Crippen molar-refractivity contribution in [3.05, 3.63) is 23.8 Å². The third-order valence-electron chi connectivity index (χ3n) is 3.37. The van der Waals surface area contributed by atoms with Crippen molar-refractivity contribution in [2.45, 2.75) is 32.3 Å². The van der Waals surface area contributed by atoms with Crippen LogP contribution in [-0.2, 0) is 16.0 Å².